The van der Waals surface area contributed by atoms with Crippen molar-refractivity contribution < 1.29 is 27.5 Å². The number of hydrogen-bond donors (Lipinski definition) is 2. The molecule has 24 heavy (non-hydrogen) atoms. The Balaban J connectivity index is 1.91. The second-order valence-electron chi connectivity index (χ2n) is 5.57. The molecule has 2 rings (SSSR count). The number of piperidine rings is 1. The molecule has 0 saturated carbocycles. The van der Waals surface area contributed by atoms with Gasteiger partial charge < -0.3 is 10.4 Å². The number of aliphatic carboxylic acids is 1. The Labute approximate surface area is 139 Å². The molecule has 2 N–H and O–H groups in total. The minimum absolute atomic E-state index is 0.0215. The summed E-state index contributed by atoms with van der Waals surface area (Å²) in [5, 5.41) is 11.1. The van der Waals surface area contributed by atoms with Gasteiger partial charge in [0.05, 0.1) is 11.3 Å². The minimum Gasteiger partial charge on any atom is -0.481 e. The van der Waals surface area contributed by atoms with Crippen LogP contribution in [0.5, 0.6) is 0 Å². The third-order valence-electron chi connectivity index (χ3n) is 3.91. The normalized spacial score (nSPS) is 16.7. The van der Waals surface area contributed by atoms with Gasteiger partial charge in [-0.15, -0.1) is 0 Å². The first-order valence-corrected chi connectivity index (χ1v) is 9.00. The number of carbonyl (C=O) groups excluding carboxylic acids is 1. The molecule has 0 aliphatic carbocycles. The van der Waals surface area contributed by atoms with Crippen LogP contribution < -0.4 is 5.32 Å². The molecule has 0 atom stereocenters. The number of rotatable bonds is 6. The van der Waals surface area contributed by atoms with Crippen molar-refractivity contribution in [2.75, 3.05) is 19.6 Å². The third-order valence-corrected chi connectivity index (χ3v) is 5.83. The number of carboxylic acid groups (broad SMARTS) is 1. The van der Waals surface area contributed by atoms with E-state index in [0.717, 1.165) is 12.1 Å². The molecule has 132 valence electrons. The summed E-state index contributed by atoms with van der Waals surface area (Å²) in [5.41, 5.74) is 0. The lowest BCUT2D eigenvalue weighted by molar-refractivity contribution is -0.137. The van der Waals surface area contributed by atoms with Crippen molar-refractivity contribution in [1.82, 2.24) is 9.62 Å². The molecule has 1 fully saturated rings. The third kappa shape index (κ3) is 4.51. The maximum Gasteiger partial charge on any atom is 0.305 e. The highest BCUT2D eigenvalue weighted by Gasteiger charge is 2.31. The summed E-state index contributed by atoms with van der Waals surface area (Å²) in [7, 11) is -3.70. The number of nitrogens with zero attached hydrogens (tertiary/aromatic N) is 1. The minimum atomic E-state index is -3.70. The smallest absolute Gasteiger partial charge is 0.305 e. The lowest BCUT2D eigenvalue weighted by Crippen LogP contribution is -2.43. The number of sulfonamides is 1. The zero-order chi connectivity index (χ0) is 17.7. The lowest BCUT2D eigenvalue weighted by Gasteiger charge is -2.30. The first kappa shape index (κ1) is 18.3. The van der Waals surface area contributed by atoms with E-state index in [1.165, 1.54) is 16.4 Å². The number of carbonyl (C=O) groups is 2. The van der Waals surface area contributed by atoms with Gasteiger partial charge in [-0.05, 0) is 37.1 Å². The average Bonchev–Trinajstić information content (AvgIpc) is 2.55. The molecule has 1 aliphatic rings. The van der Waals surface area contributed by atoms with Crippen molar-refractivity contribution in [2.24, 2.45) is 5.92 Å². The SMILES string of the molecule is O=C(O)CCNC(=O)C1CCN(S(=O)(=O)c2ccc(F)cc2)CC1. The molecule has 9 heteroatoms. The monoisotopic (exact) mass is 358 g/mol. The van der Waals surface area contributed by atoms with E-state index >= 15 is 0 Å². The second-order valence-corrected chi connectivity index (χ2v) is 7.50. The van der Waals surface area contributed by atoms with Crippen LogP contribution >= 0.6 is 0 Å². The molecule has 1 amide bonds. The Morgan fingerprint density at radius 1 is 1.21 bits per heavy atom. The quantitative estimate of drug-likeness (QED) is 0.783. The van der Waals surface area contributed by atoms with E-state index in [2.05, 4.69) is 5.32 Å². The van der Waals surface area contributed by atoms with Crippen molar-refractivity contribution in [3.63, 3.8) is 0 Å². The maximum atomic E-state index is 12.9. The van der Waals surface area contributed by atoms with Gasteiger partial charge in [-0.25, -0.2) is 12.8 Å². The maximum absolute atomic E-state index is 12.9. The average molecular weight is 358 g/mol. The number of halogens is 1. The second kappa shape index (κ2) is 7.71. The number of hydrogen-bond acceptors (Lipinski definition) is 4. The zero-order valence-corrected chi connectivity index (χ0v) is 13.8. The van der Waals surface area contributed by atoms with Crippen LogP contribution in [0.1, 0.15) is 19.3 Å². The summed E-state index contributed by atoms with van der Waals surface area (Å²) < 4.78 is 39.1. The molecule has 1 aromatic rings. The van der Waals surface area contributed by atoms with Gasteiger partial charge in [0.15, 0.2) is 0 Å². The summed E-state index contributed by atoms with van der Waals surface area (Å²) >= 11 is 0. The molecule has 0 aromatic heterocycles. The number of amides is 1. The Morgan fingerprint density at radius 2 is 1.79 bits per heavy atom. The lowest BCUT2D eigenvalue weighted by atomic mass is 9.97. The van der Waals surface area contributed by atoms with Gasteiger partial charge in [0.25, 0.3) is 0 Å². The molecule has 0 bridgehead atoms. The molecule has 7 nitrogen and oxygen atoms in total. The van der Waals surface area contributed by atoms with Crippen molar-refractivity contribution >= 4 is 21.9 Å². The highest BCUT2D eigenvalue weighted by Crippen LogP contribution is 2.24. The predicted molar refractivity (Wildman–Crippen MR) is 83.1 cm³/mol. The van der Waals surface area contributed by atoms with E-state index in [1.807, 2.05) is 0 Å². The molecular formula is C15H19FN2O5S. The largest absolute Gasteiger partial charge is 0.481 e. The number of benzene rings is 1. The van der Waals surface area contributed by atoms with Crippen LogP contribution in [0.15, 0.2) is 29.2 Å². The van der Waals surface area contributed by atoms with E-state index < -0.39 is 21.8 Å². The molecule has 1 aromatic carbocycles. The van der Waals surface area contributed by atoms with Crippen LogP contribution in [0.3, 0.4) is 0 Å². The summed E-state index contributed by atoms with van der Waals surface area (Å²) in [6.07, 6.45) is 0.572. The van der Waals surface area contributed by atoms with Gasteiger partial charge in [0.2, 0.25) is 15.9 Å². The highest BCUT2D eigenvalue weighted by molar-refractivity contribution is 7.89. The first-order valence-electron chi connectivity index (χ1n) is 7.56. The van der Waals surface area contributed by atoms with Gasteiger partial charge in [-0.2, -0.15) is 4.31 Å². The predicted octanol–water partition coefficient (Wildman–Crippen LogP) is 0.817. The fraction of sp³-hybridized carbons (Fsp3) is 0.467. The standard InChI is InChI=1S/C15H19FN2O5S/c16-12-1-3-13(4-2-12)24(22,23)18-9-6-11(7-10-18)15(21)17-8-5-14(19)20/h1-4,11H,5-10H2,(H,17,21)(H,19,20). The number of carboxylic acids is 1. The molecule has 1 saturated heterocycles. The summed E-state index contributed by atoms with van der Waals surface area (Å²) in [5.74, 6) is -2.09. The van der Waals surface area contributed by atoms with Crippen LogP contribution in [0.25, 0.3) is 0 Å². The van der Waals surface area contributed by atoms with Crippen molar-refractivity contribution in [2.45, 2.75) is 24.2 Å². The molecule has 1 heterocycles. The van der Waals surface area contributed by atoms with Gasteiger partial charge in [0.1, 0.15) is 5.82 Å². The van der Waals surface area contributed by atoms with E-state index in [0.29, 0.717) is 12.8 Å². The highest BCUT2D eigenvalue weighted by atomic mass is 32.2. The van der Waals surface area contributed by atoms with E-state index in [-0.39, 0.29) is 42.8 Å². The Morgan fingerprint density at radius 3 is 2.33 bits per heavy atom. The number of nitrogens with one attached hydrogen (secondary N) is 1. The molecule has 1 aliphatic heterocycles. The van der Waals surface area contributed by atoms with Crippen molar-refractivity contribution in [3.8, 4) is 0 Å². The molecule has 0 radical (unpaired) electrons. The summed E-state index contributed by atoms with van der Waals surface area (Å²) in [6, 6.07) is 4.62. The fourth-order valence-corrected chi connectivity index (χ4v) is 4.02. The van der Waals surface area contributed by atoms with Gasteiger partial charge in [-0.1, -0.05) is 0 Å². The Kier molecular flexibility index (Phi) is 5.89. The van der Waals surface area contributed by atoms with Gasteiger partial charge in [0, 0.05) is 25.6 Å². The summed E-state index contributed by atoms with van der Waals surface area (Å²) in [4.78, 5) is 22.4. The molecular weight excluding hydrogens is 339 g/mol. The van der Waals surface area contributed by atoms with E-state index in [4.69, 9.17) is 5.11 Å². The fourth-order valence-electron chi connectivity index (χ4n) is 2.55. The van der Waals surface area contributed by atoms with Crippen LogP contribution in [-0.4, -0.2) is 49.3 Å². The Hall–Kier alpha value is -2.00. The molecule has 0 spiro atoms. The van der Waals surface area contributed by atoms with Crippen molar-refractivity contribution in [1.29, 1.82) is 0 Å². The van der Waals surface area contributed by atoms with Gasteiger partial charge >= 0.3 is 5.97 Å². The van der Waals surface area contributed by atoms with E-state index in [9.17, 15) is 22.4 Å². The zero-order valence-electron chi connectivity index (χ0n) is 12.9. The molecule has 0 unspecified atom stereocenters. The van der Waals surface area contributed by atoms with Crippen LogP contribution in [-0.2, 0) is 19.6 Å². The van der Waals surface area contributed by atoms with Gasteiger partial charge in [-0.3, -0.25) is 9.59 Å². The van der Waals surface area contributed by atoms with Crippen LogP contribution in [0, 0.1) is 11.7 Å². The Bertz CT molecular complexity index is 697. The van der Waals surface area contributed by atoms with Crippen LogP contribution in [0.4, 0.5) is 4.39 Å². The topological polar surface area (TPSA) is 104 Å². The van der Waals surface area contributed by atoms with Crippen molar-refractivity contribution in [3.05, 3.63) is 30.1 Å². The van der Waals surface area contributed by atoms with E-state index in [1.54, 1.807) is 0 Å². The first-order chi connectivity index (χ1) is 11.3. The van der Waals surface area contributed by atoms with Crippen LogP contribution in [0.2, 0.25) is 0 Å². The summed E-state index contributed by atoms with van der Waals surface area (Å²) in [6.45, 7) is 0.440.